The Morgan fingerprint density at radius 1 is 1.07 bits per heavy atom. The van der Waals surface area contributed by atoms with Crippen molar-refractivity contribution < 1.29 is 0 Å². The number of nitrogens with zero attached hydrogens (tertiary/aromatic N) is 2. The van der Waals surface area contributed by atoms with E-state index in [9.17, 15) is 0 Å². The average molecular weight is 195 g/mol. The van der Waals surface area contributed by atoms with E-state index in [-0.39, 0.29) is 0 Å². The van der Waals surface area contributed by atoms with E-state index >= 15 is 0 Å². The lowest BCUT2D eigenvalue weighted by molar-refractivity contribution is 1.22. The molecule has 2 heterocycles. The Labute approximate surface area is 86.8 Å². The molecule has 0 spiro atoms. The fraction of sp³-hybridized carbons (Fsp3) is 0. The molecule has 3 aromatic rings. The van der Waals surface area contributed by atoms with Crippen LogP contribution < -0.4 is 0 Å². The first kappa shape index (κ1) is 8.17. The Morgan fingerprint density at radius 2 is 2.07 bits per heavy atom. The highest BCUT2D eigenvalue weighted by atomic mass is 14.8. The quantitative estimate of drug-likeness (QED) is 0.648. The van der Waals surface area contributed by atoms with E-state index < -0.39 is 0 Å². The summed E-state index contributed by atoms with van der Waals surface area (Å²) in [4.78, 5) is 11.2. The smallest absolute Gasteiger partial charge is 0.116 e. The van der Waals surface area contributed by atoms with Crippen LogP contribution >= 0.6 is 0 Å². The van der Waals surface area contributed by atoms with E-state index in [1.54, 1.807) is 6.33 Å². The minimum absolute atomic E-state index is 0.976. The number of rotatable bonds is 1. The molecule has 0 saturated heterocycles. The number of nitrogens with one attached hydrogen (secondary N) is 1. The van der Waals surface area contributed by atoms with Gasteiger partial charge in [0, 0.05) is 24.0 Å². The predicted molar refractivity (Wildman–Crippen MR) is 59.3 cm³/mol. The maximum absolute atomic E-state index is 4.18. The van der Waals surface area contributed by atoms with Crippen molar-refractivity contribution in [2.75, 3.05) is 0 Å². The molecule has 0 radical (unpaired) electrons. The molecule has 3 rings (SSSR count). The van der Waals surface area contributed by atoms with E-state index in [2.05, 4.69) is 27.1 Å². The Kier molecular flexibility index (Phi) is 1.75. The van der Waals surface area contributed by atoms with E-state index in [4.69, 9.17) is 0 Å². The van der Waals surface area contributed by atoms with Crippen LogP contribution in [-0.2, 0) is 0 Å². The molecular formula is C12H9N3. The van der Waals surface area contributed by atoms with Crippen LogP contribution in [0.2, 0.25) is 0 Å². The molecule has 2 aromatic heterocycles. The number of aromatic nitrogens is 3. The van der Waals surface area contributed by atoms with Crippen molar-refractivity contribution >= 4 is 10.9 Å². The summed E-state index contributed by atoms with van der Waals surface area (Å²) in [6.07, 6.45) is 7.29. The summed E-state index contributed by atoms with van der Waals surface area (Å²) in [6, 6.07) is 8.22. The second-order valence-electron chi connectivity index (χ2n) is 3.40. The largest absolute Gasteiger partial charge is 0.367 e. The van der Waals surface area contributed by atoms with Gasteiger partial charge < -0.3 is 4.98 Å². The Morgan fingerprint density at radius 3 is 2.93 bits per heavy atom. The average Bonchev–Trinajstić information content (AvgIpc) is 2.82. The molecule has 15 heavy (non-hydrogen) atoms. The summed E-state index contributed by atoms with van der Waals surface area (Å²) in [5.41, 5.74) is 3.34. The summed E-state index contributed by atoms with van der Waals surface area (Å²) in [5.74, 6) is 0. The third kappa shape index (κ3) is 1.38. The monoisotopic (exact) mass is 195 g/mol. The standard InChI is InChI=1S/C12H9N3/c1-2-12-11(7-14-8-15-12)5-9(1)10-3-4-13-6-10/h1-8,13H. The van der Waals surface area contributed by atoms with Gasteiger partial charge in [0.2, 0.25) is 0 Å². The molecule has 0 aliphatic heterocycles. The summed E-state index contributed by atoms with van der Waals surface area (Å²) in [6.45, 7) is 0. The molecule has 0 aliphatic carbocycles. The van der Waals surface area contributed by atoms with Gasteiger partial charge in [-0.2, -0.15) is 0 Å². The van der Waals surface area contributed by atoms with Crippen LogP contribution in [0.5, 0.6) is 0 Å². The number of hydrogen-bond donors (Lipinski definition) is 1. The molecule has 0 fully saturated rings. The third-order valence-corrected chi connectivity index (χ3v) is 2.44. The van der Waals surface area contributed by atoms with Crippen LogP contribution in [-0.4, -0.2) is 15.0 Å². The molecule has 0 unspecified atom stereocenters. The molecule has 0 atom stereocenters. The van der Waals surface area contributed by atoms with Gasteiger partial charge >= 0.3 is 0 Å². The van der Waals surface area contributed by atoms with Crippen LogP contribution in [0.15, 0.2) is 49.2 Å². The van der Waals surface area contributed by atoms with Crippen molar-refractivity contribution in [3.63, 3.8) is 0 Å². The fourth-order valence-electron chi connectivity index (χ4n) is 1.67. The van der Waals surface area contributed by atoms with Gasteiger partial charge in [0.15, 0.2) is 0 Å². The summed E-state index contributed by atoms with van der Waals surface area (Å²) < 4.78 is 0. The number of benzene rings is 1. The highest BCUT2D eigenvalue weighted by Gasteiger charge is 1.99. The van der Waals surface area contributed by atoms with Gasteiger partial charge in [0.05, 0.1) is 5.52 Å². The maximum atomic E-state index is 4.18. The predicted octanol–water partition coefficient (Wildman–Crippen LogP) is 2.62. The first-order valence-corrected chi connectivity index (χ1v) is 4.76. The topological polar surface area (TPSA) is 41.6 Å². The first-order chi connectivity index (χ1) is 7.43. The van der Waals surface area contributed by atoms with Gasteiger partial charge in [-0.1, -0.05) is 6.07 Å². The Bertz CT molecular complexity index is 585. The zero-order valence-corrected chi connectivity index (χ0v) is 8.01. The third-order valence-electron chi connectivity index (χ3n) is 2.44. The van der Waals surface area contributed by atoms with Crippen molar-refractivity contribution in [3.05, 3.63) is 49.2 Å². The normalized spacial score (nSPS) is 10.7. The lowest BCUT2D eigenvalue weighted by atomic mass is 10.1. The number of aromatic amines is 1. The van der Waals surface area contributed by atoms with E-state index in [0.717, 1.165) is 10.9 Å². The maximum Gasteiger partial charge on any atom is 0.116 e. The lowest BCUT2D eigenvalue weighted by Crippen LogP contribution is -1.81. The zero-order valence-electron chi connectivity index (χ0n) is 8.01. The Balaban J connectivity index is 2.22. The van der Waals surface area contributed by atoms with Crippen molar-refractivity contribution in [3.8, 4) is 11.1 Å². The van der Waals surface area contributed by atoms with Crippen LogP contribution in [0.1, 0.15) is 0 Å². The zero-order chi connectivity index (χ0) is 10.1. The second-order valence-corrected chi connectivity index (χ2v) is 3.40. The van der Waals surface area contributed by atoms with Gasteiger partial charge in [0.1, 0.15) is 6.33 Å². The molecule has 1 N–H and O–H groups in total. The van der Waals surface area contributed by atoms with Gasteiger partial charge in [0.25, 0.3) is 0 Å². The first-order valence-electron chi connectivity index (χ1n) is 4.76. The summed E-state index contributed by atoms with van der Waals surface area (Å²) >= 11 is 0. The molecule has 1 aromatic carbocycles. The SMILES string of the molecule is c1ncc2cc(-c3cc[nH]c3)ccc2n1. The van der Waals surface area contributed by atoms with E-state index in [1.165, 1.54) is 11.1 Å². The van der Waals surface area contributed by atoms with E-state index in [1.807, 2.05) is 30.7 Å². The molecule has 0 bridgehead atoms. The molecule has 3 nitrogen and oxygen atoms in total. The molecule has 72 valence electrons. The highest BCUT2D eigenvalue weighted by Crippen LogP contribution is 2.22. The van der Waals surface area contributed by atoms with Gasteiger partial charge in [-0.15, -0.1) is 0 Å². The molecule has 0 amide bonds. The number of H-pyrrole nitrogens is 1. The summed E-state index contributed by atoms with van der Waals surface area (Å²) in [7, 11) is 0. The van der Waals surface area contributed by atoms with Crippen molar-refractivity contribution in [2.45, 2.75) is 0 Å². The summed E-state index contributed by atoms with van der Waals surface area (Å²) in [5, 5.41) is 1.07. The van der Waals surface area contributed by atoms with Crippen molar-refractivity contribution in [2.24, 2.45) is 0 Å². The van der Waals surface area contributed by atoms with Gasteiger partial charge in [-0.05, 0) is 29.3 Å². The van der Waals surface area contributed by atoms with Gasteiger partial charge in [-0.25, -0.2) is 9.97 Å². The molecular weight excluding hydrogens is 186 g/mol. The number of hydrogen-bond acceptors (Lipinski definition) is 2. The molecule has 0 aliphatic rings. The van der Waals surface area contributed by atoms with Crippen LogP contribution in [0, 0.1) is 0 Å². The second kappa shape index (κ2) is 3.20. The molecule has 0 saturated carbocycles. The number of fused-ring (bicyclic) bond motifs is 1. The minimum atomic E-state index is 0.976. The van der Waals surface area contributed by atoms with Crippen LogP contribution in [0.25, 0.3) is 22.0 Å². The van der Waals surface area contributed by atoms with E-state index in [0.29, 0.717) is 0 Å². The van der Waals surface area contributed by atoms with Crippen LogP contribution in [0.3, 0.4) is 0 Å². The van der Waals surface area contributed by atoms with Crippen molar-refractivity contribution in [1.82, 2.24) is 15.0 Å². The Hall–Kier alpha value is -2.16. The van der Waals surface area contributed by atoms with Gasteiger partial charge in [-0.3, -0.25) is 0 Å². The lowest BCUT2D eigenvalue weighted by Gasteiger charge is -1.99. The highest BCUT2D eigenvalue weighted by molar-refractivity contribution is 5.83. The minimum Gasteiger partial charge on any atom is -0.367 e. The van der Waals surface area contributed by atoms with Crippen LogP contribution in [0.4, 0.5) is 0 Å². The fourth-order valence-corrected chi connectivity index (χ4v) is 1.67. The van der Waals surface area contributed by atoms with Crippen molar-refractivity contribution in [1.29, 1.82) is 0 Å². The molecule has 3 heteroatoms.